The minimum Gasteiger partial charge on any atom is -0.345 e. The van der Waals surface area contributed by atoms with Crippen molar-refractivity contribution in [2.75, 3.05) is 0 Å². The zero-order valence-electron chi connectivity index (χ0n) is 17.2. The van der Waals surface area contributed by atoms with Crippen molar-refractivity contribution >= 4 is 17.7 Å². The van der Waals surface area contributed by atoms with Gasteiger partial charge in [-0.15, -0.1) is 11.8 Å². The Kier molecular flexibility index (Phi) is 6.79. The SMILES string of the molecule is Cc1noc(CSc2ccc(C(=O)N[C@@H](Cc3ccccc3)c3ccccc3)cc2)n1. The summed E-state index contributed by atoms with van der Waals surface area (Å²) in [5, 5.41) is 7.00. The smallest absolute Gasteiger partial charge is 0.251 e. The molecule has 3 aromatic carbocycles. The second kappa shape index (κ2) is 10.1. The van der Waals surface area contributed by atoms with Crippen molar-refractivity contribution in [2.24, 2.45) is 0 Å². The molecule has 0 aliphatic rings. The first-order chi connectivity index (χ1) is 15.2. The van der Waals surface area contributed by atoms with Gasteiger partial charge in [-0.3, -0.25) is 4.79 Å². The van der Waals surface area contributed by atoms with E-state index in [1.807, 2.05) is 72.8 Å². The summed E-state index contributed by atoms with van der Waals surface area (Å²) in [6, 6.07) is 27.7. The zero-order valence-corrected chi connectivity index (χ0v) is 18.0. The first-order valence-corrected chi connectivity index (χ1v) is 11.1. The van der Waals surface area contributed by atoms with Gasteiger partial charge < -0.3 is 9.84 Å². The topological polar surface area (TPSA) is 68.0 Å². The summed E-state index contributed by atoms with van der Waals surface area (Å²) in [6.45, 7) is 1.80. The van der Waals surface area contributed by atoms with Crippen LogP contribution in [0, 0.1) is 6.92 Å². The highest BCUT2D eigenvalue weighted by Crippen LogP contribution is 2.23. The molecule has 6 heteroatoms. The van der Waals surface area contributed by atoms with Crippen LogP contribution in [0.15, 0.2) is 94.3 Å². The second-order valence-corrected chi connectivity index (χ2v) is 8.22. The van der Waals surface area contributed by atoms with Crippen LogP contribution in [0.5, 0.6) is 0 Å². The average Bonchev–Trinajstić information content (AvgIpc) is 3.24. The first kappa shape index (κ1) is 20.9. The maximum absolute atomic E-state index is 13.0. The van der Waals surface area contributed by atoms with Crippen LogP contribution in [0.2, 0.25) is 0 Å². The van der Waals surface area contributed by atoms with Crippen LogP contribution in [-0.4, -0.2) is 16.0 Å². The lowest BCUT2D eigenvalue weighted by Gasteiger charge is -2.20. The quantitative estimate of drug-likeness (QED) is 0.381. The fraction of sp³-hybridized carbons (Fsp3) is 0.160. The minimum absolute atomic E-state index is 0.0890. The summed E-state index contributed by atoms with van der Waals surface area (Å²) in [5.41, 5.74) is 2.90. The highest BCUT2D eigenvalue weighted by atomic mass is 32.2. The summed E-state index contributed by atoms with van der Waals surface area (Å²) >= 11 is 1.59. The van der Waals surface area contributed by atoms with Crippen LogP contribution in [-0.2, 0) is 12.2 Å². The number of carbonyl (C=O) groups is 1. The van der Waals surface area contributed by atoms with E-state index in [1.54, 1.807) is 18.7 Å². The number of nitrogens with zero attached hydrogens (tertiary/aromatic N) is 2. The van der Waals surface area contributed by atoms with Gasteiger partial charge in [0.1, 0.15) is 0 Å². The molecule has 156 valence electrons. The average molecular weight is 430 g/mol. The van der Waals surface area contributed by atoms with E-state index in [0.29, 0.717) is 23.0 Å². The van der Waals surface area contributed by atoms with Crippen LogP contribution in [0.3, 0.4) is 0 Å². The summed E-state index contributed by atoms with van der Waals surface area (Å²) in [4.78, 5) is 18.2. The van der Waals surface area contributed by atoms with Crippen LogP contribution >= 0.6 is 11.8 Å². The Morgan fingerprint density at radius 2 is 1.65 bits per heavy atom. The Bertz CT molecular complexity index is 1110. The highest BCUT2D eigenvalue weighted by molar-refractivity contribution is 7.98. The van der Waals surface area contributed by atoms with Crippen LogP contribution < -0.4 is 5.32 Å². The Labute approximate surface area is 185 Å². The number of carbonyl (C=O) groups excluding carboxylic acids is 1. The van der Waals surface area contributed by atoms with Gasteiger partial charge in [0, 0.05) is 10.5 Å². The maximum atomic E-state index is 13.0. The number of hydrogen-bond donors (Lipinski definition) is 1. The van der Waals surface area contributed by atoms with Crippen molar-refractivity contribution < 1.29 is 9.32 Å². The van der Waals surface area contributed by atoms with Crippen molar-refractivity contribution in [2.45, 2.75) is 30.0 Å². The number of benzene rings is 3. The maximum Gasteiger partial charge on any atom is 0.251 e. The highest BCUT2D eigenvalue weighted by Gasteiger charge is 2.16. The van der Waals surface area contributed by atoms with E-state index in [9.17, 15) is 4.79 Å². The number of thioether (sulfide) groups is 1. The lowest BCUT2D eigenvalue weighted by molar-refractivity contribution is 0.0936. The van der Waals surface area contributed by atoms with Gasteiger partial charge in [0.15, 0.2) is 5.82 Å². The minimum atomic E-state index is -0.106. The van der Waals surface area contributed by atoms with E-state index >= 15 is 0 Å². The fourth-order valence-electron chi connectivity index (χ4n) is 3.28. The molecule has 0 spiro atoms. The number of nitrogens with one attached hydrogen (secondary N) is 1. The van der Waals surface area contributed by atoms with Crippen molar-refractivity contribution in [1.82, 2.24) is 15.5 Å². The normalized spacial score (nSPS) is 11.8. The summed E-state index contributed by atoms with van der Waals surface area (Å²) < 4.78 is 5.14. The third-order valence-electron chi connectivity index (χ3n) is 4.84. The van der Waals surface area contributed by atoms with E-state index in [2.05, 4.69) is 27.6 Å². The van der Waals surface area contributed by atoms with E-state index in [1.165, 1.54) is 5.56 Å². The molecule has 5 nitrogen and oxygen atoms in total. The molecule has 0 saturated carbocycles. The molecule has 0 unspecified atom stereocenters. The Morgan fingerprint density at radius 3 is 2.29 bits per heavy atom. The summed E-state index contributed by atoms with van der Waals surface area (Å²) in [5.74, 6) is 1.73. The van der Waals surface area contributed by atoms with Gasteiger partial charge in [-0.1, -0.05) is 65.8 Å². The molecular formula is C25H23N3O2S. The van der Waals surface area contributed by atoms with Gasteiger partial charge in [-0.25, -0.2) is 0 Å². The Morgan fingerprint density at radius 1 is 0.968 bits per heavy atom. The molecule has 4 aromatic rings. The van der Waals surface area contributed by atoms with E-state index in [-0.39, 0.29) is 11.9 Å². The molecule has 1 N–H and O–H groups in total. The second-order valence-electron chi connectivity index (χ2n) is 7.17. The molecule has 1 heterocycles. The van der Waals surface area contributed by atoms with Gasteiger partial charge in [0.2, 0.25) is 5.89 Å². The summed E-state index contributed by atoms with van der Waals surface area (Å²) in [6.07, 6.45) is 0.730. The third kappa shape index (κ3) is 5.83. The molecule has 4 rings (SSSR count). The van der Waals surface area contributed by atoms with Gasteiger partial charge in [0.25, 0.3) is 5.91 Å². The molecule has 0 radical (unpaired) electrons. The number of hydrogen-bond acceptors (Lipinski definition) is 5. The van der Waals surface area contributed by atoms with Gasteiger partial charge in [0.05, 0.1) is 11.8 Å². The molecule has 1 aromatic heterocycles. The monoisotopic (exact) mass is 429 g/mol. The molecule has 1 amide bonds. The lowest BCUT2D eigenvalue weighted by Crippen LogP contribution is -2.30. The van der Waals surface area contributed by atoms with Crippen molar-refractivity contribution in [3.05, 3.63) is 113 Å². The number of aryl methyl sites for hydroxylation is 1. The standard InChI is InChI=1S/C25H23N3O2S/c1-18-26-24(30-28-18)17-31-22-14-12-21(13-15-22)25(29)27-23(20-10-6-3-7-11-20)16-19-8-4-2-5-9-19/h2-15,23H,16-17H2,1H3,(H,27,29)/t23-/m0/s1. The predicted octanol–water partition coefficient (Wildman–Crippen LogP) is 5.38. The van der Waals surface area contributed by atoms with Gasteiger partial charge in [-0.05, 0) is 48.7 Å². The molecule has 0 aliphatic carbocycles. The predicted molar refractivity (Wildman–Crippen MR) is 122 cm³/mol. The molecule has 1 atom stereocenters. The van der Waals surface area contributed by atoms with Gasteiger partial charge >= 0.3 is 0 Å². The molecule has 31 heavy (non-hydrogen) atoms. The zero-order chi connectivity index (χ0) is 21.5. The van der Waals surface area contributed by atoms with Crippen LogP contribution in [0.1, 0.15) is 39.2 Å². The third-order valence-corrected chi connectivity index (χ3v) is 5.84. The van der Waals surface area contributed by atoms with Gasteiger partial charge in [-0.2, -0.15) is 4.98 Å². The molecule has 0 saturated heterocycles. The molecular weight excluding hydrogens is 406 g/mol. The lowest BCUT2D eigenvalue weighted by atomic mass is 9.98. The first-order valence-electron chi connectivity index (χ1n) is 10.1. The Hall–Kier alpha value is -3.38. The molecule has 0 aliphatic heterocycles. The fourth-order valence-corrected chi connectivity index (χ4v) is 4.01. The van der Waals surface area contributed by atoms with E-state index in [0.717, 1.165) is 16.9 Å². The van der Waals surface area contributed by atoms with Crippen molar-refractivity contribution in [1.29, 1.82) is 0 Å². The number of rotatable bonds is 8. The van der Waals surface area contributed by atoms with Crippen molar-refractivity contribution in [3.8, 4) is 0 Å². The van der Waals surface area contributed by atoms with E-state index in [4.69, 9.17) is 4.52 Å². The molecule has 0 fully saturated rings. The Balaban J connectivity index is 1.42. The van der Waals surface area contributed by atoms with Crippen LogP contribution in [0.25, 0.3) is 0 Å². The largest absolute Gasteiger partial charge is 0.345 e. The summed E-state index contributed by atoms with van der Waals surface area (Å²) in [7, 11) is 0. The van der Waals surface area contributed by atoms with E-state index < -0.39 is 0 Å². The van der Waals surface area contributed by atoms with Crippen molar-refractivity contribution in [3.63, 3.8) is 0 Å². The van der Waals surface area contributed by atoms with Crippen LogP contribution in [0.4, 0.5) is 0 Å². The molecule has 0 bridgehead atoms. The number of aromatic nitrogens is 2. The number of amides is 1.